The summed E-state index contributed by atoms with van der Waals surface area (Å²) in [5.41, 5.74) is 0. The lowest BCUT2D eigenvalue weighted by Crippen LogP contribution is -2.29. The number of nitrogens with zero attached hydrogens (tertiary/aromatic N) is 1. The van der Waals surface area contributed by atoms with Crippen molar-refractivity contribution >= 4 is 7.28 Å². The molecule has 1 aliphatic heterocycles. The van der Waals surface area contributed by atoms with Crippen molar-refractivity contribution in [1.82, 2.24) is 4.90 Å². The van der Waals surface area contributed by atoms with E-state index in [1.807, 2.05) is 0 Å². The van der Waals surface area contributed by atoms with Crippen molar-refractivity contribution in [2.45, 2.75) is 31.9 Å². The monoisotopic (exact) mass is 139 g/mol. The van der Waals surface area contributed by atoms with Crippen LogP contribution in [0.2, 0.25) is 12.1 Å². The molecule has 0 aromatic carbocycles. The Balaban J connectivity index is 2.13. The third-order valence-electron chi connectivity index (χ3n) is 2.54. The lowest BCUT2D eigenvalue weighted by molar-refractivity contribution is 0.276. The zero-order chi connectivity index (χ0) is 7.40. The van der Waals surface area contributed by atoms with Crippen LogP contribution in [0.4, 0.5) is 0 Å². The topological polar surface area (TPSA) is 3.24 Å². The molecule has 0 N–H and O–H groups in total. The second-order valence-electron chi connectivity index (χ2n) is 3.54. The standard InChI is InChI=1S/C8H18BN/c1-3-9-8-4-6-10(2)7-5-8/h8-9H,3-7H2,1-2H3. The van der Waals surface area contributed by atoms with Gasteiger partial charge < -0.3 is 4.90 Å². The maximum absolute atomic E-state index is 2.44. The van der Waals surface area contributed by atoms with E-state index in [4.69, 9.17) is 0 Å². The average Bonchev–Trinajstić information content (AvgIpc) is 1.95. The second kappa shape index (κ2) is 4.02. The Labute approximate surface area is 65.0 Å². The molecule has 1 aliphatic rings. The molecule has 0 amide bonds. The summed E-state index contributed by atoms with van der Waals surface area (Å²) in [5.74, 6) is 1.04. The number of hydrogen-bond donors (Lipinski definition) is 0. The van der Waals surface area contributed by atoms with E-state index in [0.29, 0.717) is 0 Å². The highest BCUT2D eigenvalue weighted by Crippen LogP contribution is 2.21. The molecule has 1 heterocycles. The van der Waals surface area contributed by atoms with Gasteiger partial charge in [-0.1, -0.05) is 19.1 Å². The third-order valence-corrected chi connectivity index (χ3v) is 2.54. The van der Waals surface area contributed by atoms with Crippen molar-refractivity contribution in [3.63, 3.8) is 0 Å². The lowest BCUT2D eigenvalue weighted by Gasteiger charge is -2.28. The van der Waals surface area contributed by atoms with Gasteiger partial charge in [-0.15, -0.1) is 0 Å². The summed E-state index contributed by atoms with van der Waals surface area (Å²) in [6.07, 6.45) is 4.24. The highest BCUT2D eigenvalue weighted by molar-refractivity contribution is 6.37. The van der Waals surface area contributed by atoms with Crippen molar-refractivity contribution in [1.29, 1.82) is 0 Å². The molecule has 1 saturated heterocycles. The molecular formula is C8H18BN. The summed E-state index contributed by atoms with van der Waals surface area (Å²) in [7, 11) is 3.68. The predicted octanol–water partition coefficient (Wildman–Crippen LogP) is 1.38. The largest absolute Gasteiger partial charge is 0.306 e. The fourth-order valence-electron chi connectivity index (χ4n) is 1.76. The molecule has 0 aromatic rings. The van der Waals surface area contributed by atoms with E-state index in [9.17, 15) is 0 Å². The van der Waals surface area contributed by atoms with Crippen LogP contribution in [0.3, 0.4) is 0 Å². The van der Waals surface area contributed by atoms with Crippen LogP contribution < -0.4 is 0 Å². The zero-order valence-corrected chi connectivity index (χ0v) is 7.27. The van der Waals surface area contributed by atoms with Gasteiger partial charge in [-0.2, -0.15) is 0 Å². The molecule has 58 valence electrons. The van der Waals surface area contributed by atoms with Crippen molar-refractivity contribution < 1.29 is 0 Å². The summed E-state index contributed by atoms with van der Waals surface area (Å²) in [4.78, 5) is 2.44. The molecule has 0 aliphatic carbocycles. The van der Waals surface area contributed by atoms with Gasteiger partial charge in [-0.3, -0.25) is 0 Å². The minimum absolute atomic E-state index is 1.04. The van der Waals surface area contributed by atoms with Crippen LogP contribution in [-0.4, -0.2) is 32.3 Å². The van der Waals surface area contributed by atoms with Crippen LogP contribution in [0, 0.1) is 0 Å². The van der Waals surface area contributed by atoms with Crippen LogP contribution in [0.5, 0.6) is 0 Å². The van der Waals surface area contributed by atoms with Gasteiger partial charge in [0.05, 0.1) is 0 Å². The average molecular weight is 139 g/mol. The van der Waals surface area contributed by atoms with Crippen LogP contribution in [0.15, 0.2) is 0 Å². The Bertz CT molecular complexity index is 87.3. The minimum Gasteiger partial charge on any atom is -0.306 e. The Morgan fingerprint density at radius 1 is 1.40 bits per heavy atom. The van der Waals surface area contributed by atoms with Crippen molar-refractivity contribution in [3.8, 4) is 0 Å². The van der Waals surface area contributed by atoms with E-state index in [1.54, 1.807) is 0 Å². The van der Waals surface area contributed by atoms with E-state index >= 15 is 0 Å². The van der Waals surface area contributed by atoms with Gasteiger partial charge in [0.25, 0.3) is 0 Å². The van der Waals surface area contributed by atoms with Crippen LogP contribution in [0.1, 0.15) is 19.8 Å². The van der Waals surface area contributed by atoms with Crippen LogP contribution in [0.25, 0.3) is 0 Å². The molecule has 1 nitrogen and oxygen atoms in total. The minimum atomic E-state index is 1.04. The Hall–Kier alpha value is 0.0249. The first kappa shape index (κ1) is 8.12. The summed E-state index contributed by atoms with van der Waals surface area (Å²) in [6, 6.07) is 0. The smallest absolute Gasteiger partial charge is 0.124 e. The van der Waals surface area contributed by atoms with Gasteiger partial charge in [-0.25, -0.2) is 0 Å². The molecule has 1 fully saturated rings. The summed E-state index contributed by atoms with van der Waals surface area (Å²) in [6.45, 7) is 4.94. The molecule has 0 radical (unpaired) electrons. The number of likely N-dealkylation sites (tertiary alicyclic amines) is 1. The Kier molecular flexibility index (Phi) is 3.27. The number of rotatable bonds is 2. The molecule has 2 heteroatoms. The number of hydrogen-bond acceptors (Lipinski definition) is 1. The maximum Gasteiger partial charge on any atom is 0.124 e. The highest BCUT2D eigenvalue weighted by Gasteiger charge is 2.15. The quantitative estimate of drug-likeness (QED) is 0.522. The SMILES string of the molecule is CCBC1CCN(C)CC1. The lowest BCUT2D eigenvalue weighted by atomic mass is 9.59. The first-order valence-corrected chi connectivity index (χ1v) is 4.51. The highest BCUT2D eigenvalue weighted by atomic mass is 15.1. The van der Waals surface area contributed by atoms with Gasteiger partial charge in [0, 0.05) is 0 Å². The van der Waals surface area contributed by atoms with E-state index < -0.39 is 0 Å². The van der Waals surface area contributed by atoms with Gasteiger partial charge in [0.2, 0.25) is 0 Å². The van der Waals surface area contributed by atoms with E-state index in [1.165, 1.54) is 39.5 Å². The summed E-state index contributed by atoms with van der Waals surface area (Å²) in [5, 5.41) is 0. The first-order valence-electron chi connectivity index (χ1n) is 4.51. The molecule has 0 saturated carbocycles. The fourth-order valence-corrected chi connectivity index (χ4v) is 1.76. The zero-order valence-electron chi connectivity index (χ0n) is 7.27. The fraction of sp³-hybridized carbons (Fsp3) is 1.00. The van der Waals surface area contributed by atoms with Gasteiger partial charge >= 0.3 is 0 Å². The summed E-state index contributed by atoms with van der Waals surface area (Å²) >= 11 is 0. The second-order valence-corrected chi connectivity index (χ2v) is 3.54. The first-order chi connectivity index (χ1) is 4.83. The summed E-state index contributed by atoms with van der Waals surface area (Å²) < 4.78 is 0. The molecule has 0 spiro atoms. The van der Waals surface area contributed by atoms with Crippen LogP contribution in [-0.2, 0) is 0 Å². The Morgan fingerprint density at radius 3 is 2.50 bits per heavy atom. The van der Waals surface area contributed by atoms with Crippen molar-refractivity contribution in [3.05, 3.63) is 0 Å². The van der Waals surface area contributed by atoms with E-state index in [2.05, 4.69) is 18.9 Å². The maximum atomic E-state index is 2.44. The van der Waals surface area contributed by atoms with Gasteiger partial charge in [0.15, 0.2) is 0 Å². The molecular weight excluding hydrogens is 121 g/mol. The Morgan fingerprint density at radius 2 is 2.00 bits per heavy atom. The van der Waals surface area contributed by atoms with E-state index in [-0.39, 0.29) is 0 Å². The van der Waals surface area contributed by atoms with Gasteiger partial charge in [-0.05, 0) is 33.0 Å². The van der Waals surface area contributed by atoms with Crippen molar-refractivity contribution in [2.75, 3.05) is 20.1 Å². The molecule has 0 atom stereocenters. The predicted molar refractivity (Wildman–Crippen MR) is 48.1 cm³/mol. The molecule has 10 heavy (non-hydrogen) atoms. The van der Waals surface area contributed by atoms with E-state index in [0.717, 1.165) is 5.82 Å². The molecule has 0 bridgehead atoms. The third kappa shape index (κ3) is 2.33. The molecule has 1 rings (SSSR count). The number of piperidine rings is 1. The van der Waals surface area contributed by atoms with Crippen LogP contribution >= 0.6 is 0 Å². The van der Waals surface area contributed by atoms with Gasteiger partial charge in [0.1, 0.15) is 7.28 Å². The molecule has 0 unspecified atom stereocenters. The normalized spacial score (nSPS) is 23.0. The molecule has 0 aromatic heterocycles. The van der Waals surface area contributed by atoms with Crippen molar-refractivity contribution in [2.24, 2.45) is 0 Å².